The highest BCUT2D eigenvalue weighted by Gasteiger charge is 2.17. The minimum absolute atomic E-state index is 0.189. The molecule has 106 valence electrons. The van der Waals surface area contributed by atoms with Crippen LogP contribution in [0.3, 0.4) is 0 Å². The molecule has 0 spiro atoms. The summed E-state index contributed by atoms with van der Waals surface area (Å²) < 4.78 is 27.7. The summed E-state index contributed by atoms with van der Waals surface area (Å²) in [6.07, 6.45) is 3.24. The summed E-state index contributed by atoms with van der Waals surface area (Å²) in [5.74, 6) is 0. The molecule has 0 aliphatic rings. The first-order valence-corrected chi connectivity index (χ1v) is 8.17. The molecular weight excluding hydrogens is 342 g/mol. The average molecular weight is 356 g/mol. The fourth-order valence-electron chi connectivity index (χ4n) is 1.64. The number of nitrogens with one attached hydrogen (secondary N) is 1. The maximum atomic E-state index is 12.3. The molecule has 3 N–H and O–H groups in total. The van der Waals surface area contributed by atoms with E-state index in [4.69, 9.17) is 5.73 Å². The van der Waals surface area contributed by atoms with Crippen LogP contribution in [0.25, 0.3) is 0 Å². The molecule has 0 amide bonds. The lowest BCUT2D eigenvalue weighted by Crippen LogP contribution is -2.23. The van der Waals surface area contributed by atoms with Gasteiger partial charge in [0, 0.05) is 30.0 Å². The van der Waals surface area contributed by atoms with E-state index >= 15 is 0 Å². The number of halogens is 1. The summed E-state index contributed by atoms with van der Waals surface area (Å²) in [5.41, 5.74) is 7.14. The van der Waals surface area contributed by atoms with Gasteiger partial charge in [-0.1, -0.05) is 6.07 Å². The number of nitrogens with zero attached hydrogens (tertiary/aromatic N) is 1. The van der Waals surface area contributed by atoms with Crippen LogP contribution in [-0.2, 0) is 23.1 Å². The molecule has 0 bridgehead atoms. The van der Waals surface area contributed by atoms with Gasteiger partial charge in [-0.05, 0) is 51.3 Å². The number of sulfonamides is 1. The molecule has 0 aliphatic heterocycles. The summed E-state index contributed by atoms with van der Waals surface area (Å²) in [6.45, 7) is 0.504. The van der Waals surface area contributed by atoms with Crippen LogP contribution in [0.5, 0.6) is 0 Å². The Morgan fingerprint density at radius 2 is 1.85 bits per heavy atom. The standard InChI is InChI=1S/C13H14BrN3O2S/c14-12-2-1-11(8-15)7-13(12)20(18,19)17-9-10-3-5-16-6-4-10/h1-7,17H,8-9,15H2. The number of nitrogens with two attached hydrogens (primary N) is 1. The molecule has 1 aromatic carbocycles. The van der Waals surface area contributed by atoms with E-state index in [0.29, 0.717) is 11.0 Å². The maximum Gasteiger partial charge on any atom is 0.242 e. The summed E-state index contributed by atoms with van der Waals surface area (Å²) in [4.78, 5) is 4.08. The quantitative estimate of drug-likeness (QED) is 0.855. The number of pyridine rings is 1. The number of hydrogen-bond acceptors (Lipinski definition) is 4. The van der Waals surface area contributed by atoms with Crippen LogP contribution in [0.15, 0.2) is 52.1 Å². The van der Waals surface area contributed by atoms with Crippen LogP contribution in [-0.4, -0.2) is 13.4 Å². The number of aromatic nitrogens is 1. The topological polar surface area (TPSA) is 85.1 Å². The van der Waals surface area contributed by atoms with Gasteiger partial charge in [-0.15, -0.1) is 0 Å². The van der Waals surface area contributed by atoms with E-state index in [0.717, 1.165) is 11.1 Å². The van der Waals surface area contributed by atoms with Crippen molar-refractivity contribution < 1.29 is 8.42 Å². The Balaban J connectivity index is 2.22. The SMILES string of the molecule is NCc1ccc(Br)c(S(=O)(=O)NCc2ccncc2)c1. The van der Waals surface area contributed by atoms with Crippen LogP contribution in [0.4, 0.5) is 0 Å². The second kappa shape index (κ2) is 6.45. The van der Waals surface area contributed by atoms with Gasteiger partial charge in [0.1, 0.15) is 0 Å². The van der Waals surface area contributed by atoms with Crippen LogP contribution < -0.4 is 10.5 Å². The van der Waals surface area contributed by atoms with Gasteiger partial charge in [-0.2, -0.15) is 0 Å². The van der Waals surface area contributed by atoms with Crippen molar-refractivity contribution in [1.82, 2.24) is 9.71 Å². The van der Waals surface area contributed by atoms with Crippen molar-refractivity contribution in [3.63, 3.8) is 0 Å². The van der Waals surface area contributed by atoms with E-state index in [1.807, 2.05) is 0 Å². The summed E-state index contributed by atoms with van der Waals surface area (Å²) in [7, 11) is -3.59. The second-order valence-corrected chi connectivity index (χ2v) is 6.74. The molecular formula is C13H14BrN3O2S. The summed E-state index contributed by atoms with van der Waals surface area (Å²) in [5, 5.41) is 0. The smallest absolute Gasteiger partial charge is 0.242 e. The van der Waals surface area contributed by atoms with Gasteiger partial charge in [0.25, 0.3) is 0 Å². The molecule has 7 heteroatoms. The first kappa shape index (κ1) is 15.1. The lowest BCUT2D eigenvalue weighted by molar-refractivity contribution is 0.580. The molecule has 0 radical (unpaired) electrons. The largest absolute Gasteiger partial charge is 0.326 e. The zero-order valence-corrected chi connectivity index (χ0v) is 13.0. The van der Waals surface area contributed by atoms with E-state index < -0.39 is 10.0 Å². The first-order valence-electron chi connectivity index (χ1n) is 5.90. The second-order valence-electron chi connectivity index (χ2n) is 4.15. The molecule has 1 heterocycles. The van der Waals surface area contributed by atoms with E-state index in [9.17, 15) is 8.42 Å². The molecule has 2 aromatic rings. The van der Waals surface area contributed by atoms with Gasteiger partial charge in [-0.25, -0.2) is 13.1 Å². The predicted octanol–water partition coefficient (Wildman–Crippen LogP) is 1.78. The van der Waals surface area contributed by atoms with Crippen molar-refractivity contribution in [3.05, 3.63) is 58.3 Å². The van der Waals surface area contributed by atoms with Crippen LogP contribution >= 0.6 is 15.9 Å². The Kier molecular flexibility index (Phi) is 4.87. The van der Waals surface area contributed by atoms with E-state index in [1.54, 1.807) is 42.7 Å². The molecule has 0 unspecified atom stereocenters. The van der Waals surface area contributed by atoms with Crippen LogP contribution in [0.2, 0.25) is 0 Å². The van der Waals surface area contributed by atoms with E-state index in [-0.39, 0.29) is 11.4 Å². The highest BCUT2D eigenvalue weighted by atomic mass is 79.9. The van der Waals surface area contributed by atoms with Crippen LogP contribution in [0.1, 0.15) is 11.1 Å². The number of benzene rings is 1. The molecule has 0 saturated carbocycles. The molecule has 0 atom stereocenters. The zero-order valence-electron chi connectivity index (χ0n) is 10.6. The number of rotatable bonds is 5. The normalized spacial score (nSPS) is 11.5. The maximum absolute atomic E-state index is 12.3. The Bertz CT molecular complexity index is 690. The van der Waals surface area contributed by atoms with Crippen molar-refractivity contribution >= 4 is 26.0 Å². The van der Waals surface area contributed by atoms with Crippen molar-refractivity contribution in [2.24, 2.45) is 5.73 Å². The van der Waals surface area contributed by atoms with Crippen molar-refractivity contribution in [2.75, 3.05) is 0 Å². The van der Waals surface area contributed by atoms with Crippen molar-refractivity contribution in [2.45, 2.75) is 18.0 Å². The van der Waals surface area contributed by atoms with Gasteiger partial charge < -0.3 is 5.73 Å². The third-order valence-electron chi connectivity index (χ3n) is 2.74. The predicted molar refractivity (Wildman–Crippen MR) is 80.3 cm³/mol. The van der Waals surface area contributed by atoms with Gasteiger partial charge in [0.2, 0.25) is 10.0 Å². The lowest BCUT2D eigenvalue weighted by atomic mass is 10.2. The lowest BCUT2D eigenvalue weighted by Gasteiger charge is -2.10. The van der Waals surface area contributed by atoms with E-state index in [1.165, 1.54) is 0 Å². The molecule has 5 nitrogen and oxygen atoms in total. The highest BCUT2D eigenvalue weighted by Crippen LogP contribution is 2.23. The molecule has 0 aliphatic carbocycles. The highest BCUT2D eigenvalue weighted by molar-refractivity contribution is 9.10. The summed E-state index contributed by atoms with van der Waals surface area (Å²) in [6, 6.07) is 8.55. The molecule has 1 aromatic heterocycles. The van der Waals surface area contributed by atoms with Gasteiger partial charge >= 0.3 is 0 Å². The van der Waals surface area contributed by atoms with Gasteiger partial charge in [0.15, 0.2) is 0 Å². The Morgan fingerprint density at radius 3 is 2.50 bits per heavy atom. The molecule has 0 saturated heterocycles. The minimum atomic E-state index is -3.59. The van der Waals surface area contributed by atoms with Crippen LogP contribution in [0, 0.1) is 0 Å². The third kappa shape index (κ3) is 3.63. The van der Waals surface area contributed by atoms with Crippen molar-refractivity contribution in [1.29, 1.82) is 0 Å². The van der Waals surface area contributed by atoms with Gasteiger partial charge in [-0.3, -0.25) is 4.98 Å². The first-order chi connectivity index (χ1) is 9.53. The van der Waals surface area contributed by atoms with Crippen molar-refractivity contribution in [3.8, 4) is 0 Å². The molecule has 0 fully saturated rings. The summed E-state index contributed by atoms with van der Waals surface area (Å²) >= 11 is 3.25. The minimum Gasteiger partial charge on any atom is -0.326 e. The Morgan fingerprint density at radius 1 is 1.15 bits per heavy atom. The molecule has 2 rings (SSSR count). The fourth-order valence-corrected chi connectivity index (χ4v) is 3.67. The monoisotopic (exact) mass is 355 g/mol. The Hall–Kier alpha value is -1.28. The van der Waals surface area contributed by atoms with Gasteiger partial charge in [0.05, 0.1) is 4.90 Å². The zero-order chi connectivity index (χ0) is 14.6. The Labute approximate surface area is 126 Å². The van der Waals surface area contributed by atoms with E-state index in [2.05, 4.69) is 25.6 Å². The fraction of sp³-hybridized carbons (Fsp3) is 0.154. The number of hydrogen-bond donors (Lipinski definition) is 2. The molecule has 20 heavy (non-hydrogen) atoms. The third-order valence-corrected chi connectivity index (χ3v) is 5.13. The average Bonchev–Trinajstić information content (AvgIpc) is 2.47.